The maximum Gasteiger partial charge on any atom is 0.198 e. The van der Waals surface area contributed by atoms with Crippen molar-refractivity contribution in [1.82, 2.24) is 4.98 Å². The Morgan fingerprint density at radius 3 is 3.08 bits per heavy atom. The van der Waals surface area contributed by atoms with Gasteiger partial charge in [0.1, 0.15) is 5.75 Å². The molecular weight excluding hydrogens is 186 g/mol. The van der Waals surface area contributed by atoms with E-state index < -0.39 is 0 Å². The van der Waals surface area contributed by atoms with Gasteiger partial charge in [-0.2, -0.15) is 0 Å². The number of anilines is 1. The molecule has 0 saturated heterocycles. The van der Waals surface area contributed by atoms with E-state index in [2.05, 4.69) is 10.4 Å². The lowest BCUT2D eigenvalue weighted by molar-refractivity contribution is 0.415. The number of hydrazine groups is 1. The van der Waals surface area contributed by atoms with Gasteiger partial charge in [0.15, 0.2) is 5.13 Å². The van der Waals surface area contributed by atoms with Crippen LogP contribution < -0.4 is 16.0 Å². The summed E-state index contributed by atoms with van der Waals surface area (Å²) in [5, 5.41) is 0.711. The number of nitrogens with two attached hydrogens (primary N) is 1. The molecule has 4 nitrogen and oxygen atoms in total. The second-order valence-electron chi connectivity index (χ2n) is 2.50. The van der Waals surface area contributed by atoms with Crippen LogP contribution in [-0.2, 0) is 0 Å². The van der Waals surface area contributed by atoms with Crippen molar-refractivity contribution in [2.24, 2.45) is 5.84 Å². The summed E-state index contributed by atoms with van der Waals surface area (Å²) in [4.78, 5) is 4.24. The quantitative estimate of drug-likeness (QED) is 0.564. The van der Waals surface area contributed by atoms with E-state index >= 15 is 0 Å². The maximum absolute atomic E-state index is 5.25. The average molecular weight is 195 g/mol. The van der Waals surface area contributed by atoms with Crippen LogP contribution in [0.1, 0.15) is 0 Å². The predicted octanol–water partition coefficient (Wildman–Crippen LogP) is 1.59. The summed E-state index contributed by atoms with van der Waals surface area (Å²) in [5.41, 5.74) is 3.42. The second kappa shape index (κ2) is 3.20. The molecule has 3 N–H and O–H groups in total. The van der Waals surface area contributed by atoms with Gasteiger partial charge in [0.2, 0.25) is 0 Å². The van der Waals surface area contributed by atoms with Crippen molar-refractivity contribution in [3.05, 3.63) is 18.2 Å². The van der Waals surface area contributed by atoms with E-state index in [9.17, 15) is 0 Å². The Labute approximate surface area is 79.3 Å². The molecule has 0 amide bonds. The van der Waals surface area contributed by atoms with E-state index in [-0.39, 0.29) is 0 Å². The molecule has 2 rings (SSSR count). The summed E-state index contributed by atoms with van der Waals surface area (Å²) in [6.45, 7) is 0. The summed E-state index contributed by atoms with van der Waals surface area (Å²) in [5.74, 6) is 6.06. The van der Waals surface area contributed by atoms with E-state index in [1.807, 2.05) is 18.2 Å². The van der Waals surface area contributed by atoms with Crippen LogP contribution in [0.25, 0.3) is 10.2 Å². The first kappa shape index (κ1) is 8.28. The Morgan fingerprint density at radius 2 is 2.38 bits per heavy atom. The van der Waals surface area contributed by atoms with Crippen molar-refractivity contribution in [2.45, 2.75) is 0 Å². The molecule has 0 fully saturated rings. The second-order valence-corrected chi connectivity index (χ2v) is 3.53. The minimum Gasteiger partial charge on any atom is -0.497 e. The molecule has 0 unspecified atom stereocenters. The first-order chi connectivity index (χ1) is 6.33. The summed E-state index contributed by atoms with van der Waals surface area (Å²) < 4.78 is 6.17. The number of benzene rings is 1. The number of hydrogen-bond acceptors (Lipinski definition) is 5. The highest BCUT2D eigenvalue weighted by Crippen LogP contribution is 2.27. The Bertz CT molecular complexity index is 424. The van der Waals surface area contributed by atoms with Crippen LogP contribution in [0.5, 0.6) is 5.75 Å². The maximum atomic E-state index is 5.25. The highest BCUT2D eigenvalue weighted by atomic mass is 32.1. The number of nitrogens with zero attached hydrogens (tertiary/aromatic N) is 1. The zero-order valence-corrected chi connectivity index (χ0v) is 7.89. The number of ether oxygens (including phenoxy) is 1. The Morgan fingerprint density at radius 1 is 1.54 bits per heavy atom. The van der Waals surface area contributed by atoms with Crippen molar-refractivity contribution in [1.29, 1.82) is 0 Å². The molecule has 2 aromatic rings. The number of nitrogens with one attached hydrogen (secondary N) is 1. The minimum atomic E-state index is 0.711. The number of methoxy groups -OCH3 is 1. The highest BCUT2D eigenvalue weighted by Gasteiger charge is 2.02. The van der Waals surface area contributed by atoms with Crippen LogP contribution >= 0.6 is 11.3 Å². The largest absolute Gasteiger partial charge is 0.497 e. The Kier molecular flexibility index (Phi) is 2.03. The van der Waals surface area contributed by atoms with E-state index in [0.29, 0.717) is 5.13 Å². The zero-order chi connectivity index (χ0) is 9.26. The van der Waals surface area contributed by atoms with Gasteiger partial charge in [-0.15, -0.1) is 0 Å². The molecular formula is C8H9N3OS. The molecule has 0 aliphatic carbocycles. The molecule has 0 saturated carbocycles. The van der Waals surface area contributed by atoms with Gasteiger partial charge >= 0.3 is 0 Å². The number of nitrogen functional groups attached to an aromatic ring is 1. The van der Waals surface area contributed by atoms with Crippen LogP contribution in [0, 0.1) is 0 Å². The van der Waals surface area contributed by atoms with E-state index in [1.54, 1.807) is 7.11 Å². The van der Waals surface area contributed by atoms with Gasteiger partial charge in [0, 0.05) is 6.07 Å². The van der Waals surface area contributed by atoms with Gasteiger partial charge in [-0.05, 0) is 12.1 Å². The predicted molar refractivity (Wildman–Crippen MR) is 54.0 cm³/mol. The number of rotatable bonds is 2. The average Bonchev–Trinajstić information content (AvgIpc) is 2.58. The van der Waals surface area contributed by atoms with Crippen LogP contribution in [0.2, 0.25) is 0 Å². The van der Waals surface area contributed by atoms with Gasteiger partial charge in [0.05, 0.1) is 17.3 Å². The minimum absolute atomic E-state index is 0.711. The molecule has 5 heteroatoms. The molecule has 68 valence electrons. The van der Waals surface area contributed by atoms with Gasteiger partial charge in [0.25, 0.3) is 0 Å². The van der Waals surface area contributed by atoms with Crippen molar-refractivity contribution in [2.75, 3.05) is 12.5 Å². The molecule has 0 atom stereocenters. The lowest BCUT2D eigenvalue weighted by Gasteiger charge is -1.96. The highest BCUT2D eigenvalue weighted by molar-refractivity contribution is 7.22. The van der Waals surface area contributed by atoms with Gasteiger partial charge in [-0.1, -0.05) is 11.3 Å². The fourth-order valence-electron chi connectivity index (χ4n) is 1.10. The van der Waals surface area contributed by atoms with Crippen LogP contribution in [0.15, 0.2) is 18.2 Å². The van der Waals surface area contributed by atoms with E-state index in [0.717, 1.165) is 16.0 Å². The number of aromatic nitrogens is 1. The fourth-order valence-corrected chi connectivity index (χ4v) is 1.85. The Hall–Kier alpha value is -1.33. The lowest BCUT2D eigenvalue weighted by Crippen LogP contribution is -2.05. The number of fused-ring (bicyclic) bond motifs is 1. The van der Waals surface area contributed by atoms with Gasteiger partial charge in [-0.25, -0.2) is 10.8 Å². The molecule has 1 aromatic heterocycles. The number of thiazole rings is 1. The third-order valence-electron chi connectivity index (χ3n) is 1.72. The summed E-state index contributed by atoms with van der Waals surface area (Å²) in [7, 11) is 1.63. The van der Waals surface area contributed by atoms with Crippen molar-refractivity contribution in [3.8, 4) is 5.75 Å². The van der Waals surface area contributed by atoms with Crippen molar-refractivity contribution < 1.29 is 4.74 Å². The Balaban J connectivity index is 2.57. The summed E-state index contributed by atoms with van der Waals surface area (Å²) >= 11 is 1.51. The van der Waals surface area contributed by atoms with Crippen LogP contribution in [0.4, 0.5) is 5.13 Å². The van der Waals surface area contributed by atoms with Gasteiger partial charge in [-0.3, -0.25) is 5.43 Å². The van der Waals surface area contributed by atoms with Crippen molar-refractivity contribution >= 4 is 26.7 Å². The third kappa shape index (κ3) is 1.43. The van der Waals surface area contributed by atoms with Gasteiger partial charge < -0.3 is 4.74 Å². The topological polar surface area (TPSA) is 60.2 Å². The SMILES string of the molecule is COc1ccc2sc(NN)nc2c1. The van der Waals surface area contributed by atoms with E-state index in [4.69, 9.17) is 10.6 Å². The van der Waals surface area contributed by atoms with Crippen LogP contribution in [0.3, 0.4) is 0 Å². The standard InChI is InChI=1S/C8H9N3OS/c1-12-5-2-3-7-6(4-5)10-8(11-9)13-7/h2-4H,9H2,1H3,(H,10,11). The molecule has 13 heavy (non-hydrogen) atoms. The monoisotopic (exact) mass is 195 g/mol. The van der Waals surface area contributed by atoms with E-state index in [1.165, 1.54) is 11.3 Å². The lowest BCUT2D eigenvalue weighted by atomic mass is 10.3. The van der Waals surface area contributed by atoms with Crippen molar-refractivity contribution in [3.63, 3.8) is 0 Å². The first-order valence-electron chi connectivity index (χ1n) is 3.74. The smallest absolute Gasteiger partial charge is 0.198 e. The molecule has 0 radical (unpaired) electrons. The zero-order valence-electron chi connectivity index (χ0n) is 7.07. The third-order valence-corrected chi connectivity index (χ3v) is 2.69. The summed E-state index contributed by atoms with van der Waals surface area (Å²) in [6.07, 6.45) is 0. The molecule has 0 spiro atoms. The van der Waals surface area contributed by atoms with Crippen LogP contribution in [-0.4, -0.2) is 12.1 Å². The molecule has 0 aliphatic rings. The number of hydrogen-bond donors (Lipinski definition) is 2. The molecule has 1 aromatic carbocycles. The molecule has 0 bridgehead atoms. The molecule has 0 aliphatic heterocycles. The normalized spacial score (nSPS) is 10.3. The fraction of sp³-hybridized carbons (Fsp3) is 0.125. The first-order valence-corrected chi connectivity index (χ1v) is 4.56. The summed E-state index contributed by atoms with van der Waals surface area (Å²) in [6, 6.07) is 5.75. The molecule has 1 heterocycles.